The molecule has 0 amide bonds. The average molecular weight is 233 g/mol. The van der Waals surface area contributed by atoms with Crippen molar-refractivity contribution in [2.24, 2.45) is 0 Å². The standard InChI is InChI=1S/C12H15N3S/c1-10-4-2-3-5-11(10)16-9-8-15-7-6-12(13)14-15/h2-7H,8-9H2,1H3,(H2,13,14). The number of nitrogens with two attached hydrogens (primary N) is 1. The third kappa shape index (κ3) is 2.79. The highest BCUT2D eigenvalue weighted by Gasteiger charge is 1.99. The van der Waals surface area contributed by atoms with Gasteiger partial charge >= 0.3 is 0 Å². The molecule has 0 fully saturated rings. The van der Waals surface area contributed by atoms with E-state index in [1.807, 2.05) is 28.7 Å². The van der Waals surface area contributed by atoms with E-state index in [-0.39, 0.29) is 0 Å². The van der Waals surface area contributed by atoms with Gasteiger partial charge in [-0.1, -0.05) is 18.2 Å². The molecule has 0 saturated carbocycles. The van der Waals surface area contributed by atoms with Crippen LogP contribution in [0.4, 0.5) is 5.82 Å². The molecule has 0 aliphatic rings. The molecule has 84 valence electrons. The first-order valence-electron chi connectivity index (χ1n) is 5.23. The van der Waals surface area contributed by atoms with Crippen LogP contribution in [-0.2, 0) is 6.54 Å². The van der Waals surface area contributed by atoms with Gasteiger partial charge in [0.2, 0.25) is 0 Å². The Balaban J connectivity index is 1.87. The molecule has 0 saturated heterocycles. The van der Waals surface area contributed by atoms with Crippen LogP contribution in [0.3, 0.4) is 0 Å². The Morgan fingerprint density at radius 1 is 1.31 bits per heavy atom. The summed E-state index contributed by atoms with van der Waals surface area (Å²) in [6.45, 7) is 3.02. The van der Waals surface area contributed by atoms with Crippen molar-refractivity contribution in [1.29, 1.82) is 0 Å². The zero-order valence-corrected chi connectivity index (χ0v) is 10.1. The van der Waals surface area contributed by atoms with Gasteiger partial charge in [-0.05, 0) is 24.6 Å². The van der Waals surface area contributed by atoms with Crippen molar-refractivity contribution in [3.05, 3.63) is 42.1 Å². The highest BCUT2D eigenvalue weighted by atomic mass is 32.2. The van der Waals surface area contributed by atoms with Crippen LogP contribution in [0.15, 0.2) is 41.4 Å². The van der Waals surface area contributed by atoms with Gasteiger partial charge in [-0.25, -0.2) is 0 Å². The quantitative estimate of drug-likeness (QED) is 0.825. The molecule has 1 aromatic carbocycles. The number of benzene rings is 1. The SMILES string of the molecule is Cc1ccccc1SCCn1ccc(N)n1. The van der Waals surface area contributed by atoms with E-state index in [9.17, 15) is 0 Å². The summed E-state index contributed by atoms with van der Waals surface area (Å²) in [5.74, 6) is 1.59. The molecule has 0 radical (unpaired) electrons. The van der Waals surface area contributed by atoms with E-state index in [1.165, 1.54) is 10.5 Å². The van der Waals surface area contributed by atoms with Crippen LogP contribution in [-0.4, -0.2) is 15.5 Å². The zero-order chi connectivity index (χ0) is 11.4. The molecule has 2 aromatic rings. The molecule has 1 heterocycles. The maximum atomic E-state index is 5.55. The number of nitrogen functional groups attached to an aromatic ring is 1. The van der Waals surface area contributed by atoms with Gasteiger partial charge in [0.25, 0.3) is 0 Å². The molecule has 0 aliphatic carbocycles. The van der Waals surface area contributed by atoms with E-state index < -0.39 is 0 Å². The van der Waals surface area contributed by atoms with Crippen molar-refractivity contribution < 1.29 is 0 Å². The number of nitrogens with zero attached hydrogens (tertiary/aromatic N) is 2. The highest BCUT2D eigenvalue weighted by Crippen LogP contribution is 2.21. The van der Waals surface area contributed by atoms with Crippen molar-refractivity contribution in [2.45, 2.75) is 18.4 Å². The lowest BCUT2D eigenvalue weighted by Gasteiger charge is -2.05. The summed E-state index contributed by atoms with van der Waals surface area (Å²) in [7, 11) is 0. The molecular weight excluding hydrogens is 218 g/mol. The fraction of sp³-hybridized carbons (Fsp3) is 0.250. The largest absolute Gasteiger partial charge is 0.382 e. The zero-order valence-electron chi connectivity index (χ0n) is 9.26. The average Bonchev–Trinajstić information content (AvgIpc) is 2.67. The van der Waals surface area contributed by atoms with Gasteiger partial charge < -0.3 is 5.73 Å². The second-order valence-electron chi connectivity index (χ2n) is 3.62. The van der Waals surface area contributed by atoms with Crippen molar-refractivity contribution in [1.82, 2.24) is 9.78 Å². The van der Waals surface area contributed by atoms with Crippen molar-refractivity contribution in [3.8, 4) is 0 Å². The van der Waals surface area contributed by atoms with Gasteiger partial charge in [-0.3, -0.25) is 4.68 Å². The number of hydrogen-bond acceptors (Lipinski definition) is 3. The Bertz CT molecular complexity index is 465. The Morgan fingerprint density at radius 3 is 2.81 bits per heavy atom. The van der Waals surface area contributed by atoms with Crippen LogP contribution < -0.4 is 5.73 Å². The fourth-order valence-corrected chi connectivity index (χ4v) is 2.44. The Labute approximate surface area is 99.7 Å². The van der Waals surface area contributed by atoms with E-state index in [0.717, 1.165) is 12.3 Å². The van der Waals surface area contributed by atoms with Crippen LogP contribution in [0.1, 0.15) is 5.56 Å². The Kier molecular flexibility index (Phi) is 3.51. The first kappa shape index (κ1) is 11.1. The topological polar surface area (TPSA) is 43.8 Å². The maximum Gasteiger partial charge on any atom is 0.145 e. The van der Waals surface area contributed by atoms with Gasteiger partial charge in [0.05, 0.1) is 6.54 Å². The lowest BCUT2D eigenvalue weighted by molar-refractivity contribution is 0.669. The third-order valence-electron chi connectivity index (χ3n) is 2.33. The summed E-state index contributed by atoms with van der Waals surface area (Å²) < 4.78 is 1.88. The maximum absolute atomic E-state index is 5.55. The van der Waals surface area contributed by atoms with Crippen molar-refractivity contribution in [2.75, 3.05) is 11.5 Å². The molecule has 3 nitrogen and oxygen atoms in total. The van der Waals surface area contributed by atoms with Crippen molar-refractivity contribution >= 4 is 17.6 Å². The highest BCUT2D eigenvalue weighted by molar-refractivity contribution is 7.99. The molecule has 0 aliphatic heterocycles. The minimum absolute atomic E-state index is 0.584. The number of anilines is 1. The molecule has 2 N–H and O–H groups in total. The molecular formula is C12H15N3S. The summed E-state index contributed by atoms with van der Waals surface area (Å²) in [5.41, 5.74) is 6.87. The van der Waals surface area contributed by atoms with Crippen LogP contribution in [0.5, 0.6) is 0 Å². The van der Waals surface area contributed by atoms with Gasteiger partial charge in [-0.15, -0.1) is 11.8 Å². The minimum atomic E-state index is 0.584. The second-order valence-corrected chi connectivity index (χ2v) is 4.75. The lowest BCUT2D eigenvalue weighted by atomic mass is 10.2. The number of aryl methyl sites for hydroxylation is 2. The molecule has 0 spiro atoms. The summed E-state index contributed by atoms with van der Waals surface area (Å²) in [4.78, 5) is 1.34. The summed E-state index contributed by atoms with van der Waals surface area (Å²) >= 11 is 1.85. The molecule has 0 unspecified atom stereocenters. The number of rotatable bonds is 4. The smallest absolute Gasteiger partial charge is 0.145 e. The van der Waals surface area contributed by atoms with Gasteiger partial charge in [-0.2, -0.15) is 5.10 Å². The van der Waals surface area contributed by atoms with Crippen LogP contribution in [0.25, 0.3) is 0 Å². The van der Waals surface area contributed by atoms with Crippen molar-refractivity contribution in [3.63, 3.8) is 0 Å². The van der Waals surface area contributed by atoms with Gasteiger partial charge in [0.15, 0.2) is 0 Å². The summed E-state index contributed by atoms with van der Waals surface area (Å²) in [6, 6.07) is 10.2. The second kappa shape index (κ2) is 5.07. The van der Waals surface area contributed by atoms with Crippen LogP contribution >= 0.6 is 11.8 Å². The predicted octanol–water partition coefficient (Wildman–Crippen LogP) is 2.57. The van der Waals surface area contributed by atoms with E-state index in [2.05, 4.69) is 36.3 Å². The molecule has 0 bridgehead atoms. The number of thioether (sulfide) groups is 1. The van der Waals surface area contributed by atoms with E-state index in [4.69, 9.17) is 5.73 Å². The van der Waals surface area contributed by atoms with Crippen LogP contribution in [0, 0.1) is 6.92 Å². The lowest BCUT2D eigenvalue weighted by Crippen LogP contribution is -2.01. The number of hydrogen-bond donors (Lipinski definition) is 1. The Morgan fingerprint density at radius 2 is 2.12 bits per heavy atom. The first-order chi connectivity index (χ1) is 7.75. The summed E-state index contributed by atoms with van der Waals surface area (Å²) in [6.07, 6.45) is 1.91. The fourth-order valence-electron chi connectivity index (χ4n) is 1.47. The molecule has 2 rings (SSSR count). The van der Waals surface area contributed by atoms with E-state index in [0.29, 0.717) is 5.82 Å². The van der Waals surface area contributed by atoms with E-state index >= 15 is 0 Å². The predicted molar refractivity (Wildman–Crippen MR) is 68.5 cm³/mol. The van der Waals surface area contributed by atoms with Gasteiger partial charge in [0, 0.05) is 16.8 Å². The van der Waals surface area contributed by atoms with Crippen LogP contribution in [0.2, 0.25) is 0 Å². The summed E-state index contributed by atoms with van der Waals surface area (Å²) in [5, 5.41) is 4.15. The number of aromatic nitrogens is 2. The van der Waals surface area contributed by atoms with E-state index in [1.54, 1.807) is 0 Å². The first-order valence-corrected chi connectivity index (χ1v) is 6.21. The molecule has 1 aromatic heterocycles. The monoisotopic (exact) mass is 233 g/mol. The normalized spacial score (nSPS) is 10.6. The molecule has 16 heavy (non-hydrogen) atoms. The van der Waals surface area contributed by atoms with Gasteiger partial charge in [0.1, 0.15) is 5.82 Å². The molecule has 4 heteroatoms. The minimum Gasteiger partial charge on any atom is -0.382 e. The Hall–Kier alpha value is -1.42. The molecule has 0 atom stereocenters. The third-order valence-corrected chi connectivity index (χ3v) is 3.49.